The number of nitrogens with two attached hydrogens (primary N) is 1. The Labute approximate surface area is 100 Å². The van der Waals surface area contributed by atoms with E-state index in [1.165, 1.54) is 12.1 Å². The lowest BCUT2D eigenvalue weighted by Gasteiger charge is -2.29. The number of amides is 1. The highest BCUT2D eigenvalue weighted by Gasteiger charge is 2.29. The van der Waals surface area contributed by atoms with Gasteiger partial charge in [0.1, 0.15) is 5.82 Å². The number of primary amides is 1. The summed E-state index contributed by atoms with van der Waals surface area (Å²) in [5, 5.41) is 3.30. The number of hydrogen-bond acceptors (Lipinski definition) is 2. The van der Waals surface area contributed by atoms with E-state index in [4.69, 9.17) is 5.73 Å². The first-order chi connectivity index (χ1) is 8.18. The van der Waals surface area contributed by atoms with E-state index in [1.54, 1.807) is 12.1 Å². The third-order valence-corrected chi connectivity index (χ3v) is 3.27. The number of rotatable bonds is 3. The lowest BCUT2D eigenvalue weighted by molar-refractivity contribution is -0.120. The number of benzene rings is 1. The van der Waals surface area contributed by atoms with Crippen molar-refractivity contribution in [3.63, 3.8) is 0 Å². The lowest BCUT2D eigenvalue weighted by Crippen LogP contribution is -2.43. The van der Waals surface area contributed by atoms with Gasteiger partial charge in [0.2, 0.25) is 5.91 Å². The zero-order valence-corrected chi connectivity index (χ0v) is 9.66. The predicted molar refractivity (Wildman–Crippen MR) is 64.0 cm³/mol. The summed E-state index contributed by atoms with van der Waals surface area (Å²) < 4.78 is 13.2. The number of halogens is 1. The molecule has 0 saturated carbocycles. The third-order valence-electron chi connectivity index (χ3n) is 3.27. The second-order valence-electron chi connectivity index (χ2n) is 4.49. The lowest BCUT2D eigenvalue weighted by atomic mass is 9.86. The van der Waals surface area contributed by atoms with Crippen LogP contribution in [-0.2, 0) is 4.79 Å². The van der Waals surface area contributed by atoms with Crippen molar-refractivity contribution in [1.82, 2.24) is 5.32 Å². The fourth-order valence-corrected chi connectivity index (χ4v) is 2.46. The summed E-state index contributed by atoms with van der Waals surface area (Å²) in [5.74, 6) is -1.16. The predicted octanol–water partition coefficient (Wildman–Crippen LogP) is 1.54. The molecule has 1 aromatic carbocycles. The van der Waals surface area contributed by atoms with Crippen molar-refractivity contribution in [1.29, 1.82) is 0 Å². The molecule has 0 bridgehead atoms. The highest BCUT2D eigenvalue weighted by molar-refractivity contribution is 5.82. The van der Waals surface area contributed by atoms with Gasteiger partial charge in [-0.3, -0.25) is 4.79 Å². The van der Waals surface area contributed by atoms with Crippen molar-refractivity contribution < 1.29 is 9.18 Å². The maximum Gasteiger partial charge on any atom is 0.226 e. The van der Waals surface area contributed by atoms with Gasteiger partial charge < -0.3 is 11.1 Å². The van der Waals surface area contributed by atoms with E-state index >= 15 is 0 Å². The summed E-state index contributed by atoms with van der Waals surface area (Å²) >= 11 is 0. The van der Waals surface area contributed by atoms with Crippen LogP contribution < -0.4 is 11.1 Å². The van der Waals surface area contributed by atoms with Crippen LogP contribution in [0.5, 0.6) is 0 Å². The largest absolute Gasteiger partial charge is 0.369 e. The molecule has 2 rings (SSSR count). The second-order valence-corrected chi connectivity index (χ2v) is 4.49. The molecule has 1 amide bonds. The molecule has 1 aromatic rings. The molecular weight excluding hydrogens is 219 g/mol. The fourth-order valence-electron chi connectivity index (χ4n) is 2.46. The Balaban J connectivity index is 2.25. The van der Waals surface area contributed by atoms with E-state index in [2.05, 4.69) is 5.32 Å². The fraction of sp³-hybridized carbons (Fsp3) is 0.462. The molecule has 17 heavy (non-hydrogen) atoms. The molecule has 1 aliphatic heterocycles. The summed E-state index contributed by atoms with van der Waals surface area (Å²) in [5.41, 5.74) is 6.11. The van der Waals surface area contributed by atoms with Gasteiger partial charge in [-0.15, -0.1) is 0 Å². The molecule has 1 aliphatic rings. The Morgan fingerprint density at radius 2 is 2.29 bits per heavy atom. The Morgan fingerprint density at radius 3 is 2.88 bits per heavy atom. The molecule has 0 unspecified atom stereocenters. The Kier molecular flexibility index (Phi) is 3.74. The summed E-state index contributed by atoms with van der Waals surface area (Å²) in [6, 6.07) is 6.17. The van der Waals surface area contributed by atoms with Crippen molar-refractivity contribution in [3.05, 3.63) is 35.6 Å². The van der Waals surface area contributed by atoms with Gasteiger partial charge in [-0.25, -0.2) is 4.39 Å². The normalized spacial score (nSPS) is 22.1. The summed E-state index contributed by atoms with van der Waals surface area (Å²) in [6.45, 7) is 0.893. The first-order valence-electron chi connectivity index (χ1n) is 5.96. The molecular formula is C13H17FN2O. The minimum absolute atomic E-state index is 0.0306. The van der Waals surface area contributed by atoms with Crippen LogP contribution in [0.3, 0.4) is 0 Å². The Hall–Kier alpha value is -1.42. The second kappa shape index (κ2) is 5.27. The van der Waals surface area contributed by atoms with Crippen LogP contribution in [0.1, 0.15) is 30.7 Å². The standard InChI is InChI=1S/C13H17FN2O/c14-10-5-3-4-9(8-10)12(13(15)17)11-6-1-2-7-16-11/h3-5,8,11-12,16H,1-2,6-7H2,(H2,15,17)/t11-,12+/m1/s1. The first kappa shape index (κ1) is 12.0. The molecule has 0 aliphatic carbocycles. The van der Waals surface area contributed by atoms with Gasteiger partial charge >= 0.3 is 0 Å². The summed E-state index contributed by atoms with van der Waals surface area (Å²) in [7, 11) is 0. The highest BCUT2D eigenvalue weighted by Crippen LogP contribution is 2.25. The van der Waals surface area contributed by atoms with Crippen LogP contribution in [0.4, 0.5) is 4.39 Å². The van der Waals surface area contributed by atoms with Gasteiger partial charge in [0.05, 0.1) is 5.92 Å². The minimum atomic E-state index is -0.439. The van der Waals surface area contributed by atoms with Crippen LogP contribution in [0.2, 0.25) is 0 Å². The van der Waals surface area contributed by atoms with Crippen LogP contribution in [0.15, 0.2) is 24.3 Å². The van der Waals surface area contributed by atoms with E-state index in [9.17, 15) is 9.18 Å². The molecule has 2 atom stereocenters. The van der Waals surface area contributed by atoms with E-state index in [-0.39, 0.29) is 11.9 Å². The molecule has 92 valence electrons. The average molecular weight is 236 g/mol. The molecule has 1 heterocycles. The minimum Gasteiger partial charge on any atom is -0.369 e. The number of piperidine rings is 1. The molecule has 0 aromatic heterocycles. The van der Waals surface area contributed by atoms with E-state index in [0.29, 0.717) is 5.56 Å². The third kappa shape index (κ3) is 2.82. The highest BCUT2D eigenvalue weighted by atomic mass is 19.1. The molecule has 1 fully saturated rings. The number of carbonyl (C=O) groups excluding carboxylic acids is 1. The van der Waals surface area contributed by atoms with Crippen molar-refractivity contribution >= 4 is 5.91 Å². The molecule has 0 spiro atoms. The molecule has 3 N–H and O–H groups in total. The summed E-state index contributed by atoms with van der Waals surface area (Å²) in [4.78, 5) is 11.6. The van der Waals surface area contributed by atoms with E-state index < -0.39 is 11.8 Å². The molecule has 0 radical (unpaired) electrons. The Morgan fingerprint density at radius 1 is 1.47 bits per heavy atom. The van der Waals surface area contributed by atoms with Crippen LogP contribution in [0, 0.1) is 5.82 Å². The van der Waals surface area contributed by atoms with Gasteiger partial charge in [-0.2, -0.15) is 0 Å². The van der Waals surface area contributed by atoms with Crippen molar-refractivity contribution in [2.75, 3.05) is 6.54 Å². The number of nitrogens with one attached hydrogen (secondary N) is 1. The molecule has 3 nitrogen and oxygen atoms in total. The number of carbonyl (C=O) groups is 1. The SMILES string of the molecule is NC(=O)[C@@H](c1cccc(F)c1)[C@H]1CCCCN1. The maximum atomic E-state index is 13.2. The first-order valence-corrected chi connectivity index (χ1v) is 5.96. The van der Waals surface area contributed by atoms with Gasteiger partial charge in [0.15, 0.2) is 0 Å². The quantitative estimate of drug-likeness (QED) is 0.836. The Bertz CT molecular complexity index is 402. The zero-order valence-electron chi connectivity index (χ0n) is 9.66. The van der Waals surface area contributed by atoms with Crippen LogP contribution in [-0.4, -0.2) is 18.5 Å². The zero-order chi connectivity index (χ0) is 12.3. The van der Waals surface area contributed by atoms with Crippen molar-refractivity contribution in [2.24, 2.45) is 5.73 Å². The van der Waals surface area contributed by atoms with E-state index in [0.717, 1.165) is 25.8 Å². The van der Waals surface area contributed by atoms with Crippen molar-refractivity contribution in [3.8, 4) is 0 Å². The van der Waals surface area contributed by atoms with Crippen molar-refractivity contribution in [2.45, 2.75) is 31.2 Å². The smallest absolute Gasteiger partial charge is 0.226 e. The maximum absolute atomic E-state index is 13.2. The van der Waals surface area contributed by atoms with Gasteiger partial charge in [0.25, 0.3) is 0 Å². The monoisotopic (exact) mass is 236 g/mol. The van der Waals surface area contributed by atoms with Crippen LogP contribution >= 0.6 is 0 Å². The van der Waals surface area contributed by atoms with Crippen LogP contribution in [0.25, 0.3) is 0 Å². The molecule has 1 saturated heterocycles. The topological polar surface area (TPSA) is 55.1 Å². The summed E-state index contributed by atoms with van der Waals surface area (Å²) in [6.07, 6.45) is 3.10. The van der Waals surface area contributed by atoms with Gasteiger partial charge in [-0.1, -0.05) is 18.6 Å². The van der Waals surface area contributed by atoms with E-state index in [1.807, 2.05) is 0 Å². The average Bonchev–Trinajstić information content (AvgIpc) is 2.30. The van der Waals surface area contributed by atoms with Gasteiger partial charge in [-0.05, 0) is 37.1 Å². The molecule has 4 heteroatoms. The van der Waals surface area contributed by atoms with Gasteiger partial charge in [0, 0.05) is 6.04 Å². The number of hydrogen-bond donors (Lipinski definition) is 2.